The minimum absolute atomic E-state index is 0.00103. The summed E-state index contributed by atoms with van der Waals surface area (Å²) < 4.78 is 32.6. The van der Waals surface area contributed by atoms with Gasteiger partial charge < -0.3 is 9.84 Å². The van der Waals surface area contributed by atoms with Crippen molar-refractivity contribution in [3.8, 4) is 0 Å². The summed E-state index contributed by atoms with van der Waals surface area (Å²) in [6.45, 7) is 2.40. The molecule has 11 heteroatoms. The summed E-state index contributed by atoms with van der Waals surface area (Å²) in [6.07, 6.45) is 4.11. The minimum atomic E-state index is -3.32. The van der Waals surface area contributed by atoms with Gasteiger partial charge in [-0.15, -0.1) is 0 Å². The summed E-state index contributed by atoms with van der Waals surface area (Å²) in [4.78, 5) is 16.8. The second-order valence-electron chi connectivity index (χ2n) is 7.54. The highest BCUT2D eigenvalue weighted by Crippen LogP contribution is 2.50. The fourth-order valence-corrected chi connectivity index (χ4v) is 5.23. The SMILES string of the molecule is Cc1noc([C@]23C[C@H](NC(=O)c4ccn(C)n4)C[C@H]2CN(S(C)(=O)=O)C3)n1. The second-order valence-corrected chi connectivity index (χ2v) is 9.52. The number of amides is 1. The predicted molar refractivity (Wildman–Crippen MR) is 94.3 cm³/mol. The van der Waals surface area contributed by atoms with E-state index in [1.54, 1.807) is 30.9 Å². The van der Waals surface area contributed by atoms with Crippen LogP contribution in [-0.2, 0) is 22.5 Å². The molecule has 1 saturated heterocycles. The van der Waals surface area contributed by atoms with E-state index >= 15 is 0 Å². The van der Waals surface area contributed by atoms with Crippen LogP contribution in [0.2, 0.25) is 0 Å². The van der Waals surface area contributed by atoms with Crippen LogP contribution in [-0.4, -0.2) is 63.9 Å². The number of rotatable bonds is 4. The Labute approximate surface area is 157 Å². The standard InChI is InChI=1S/C16H22N6O4S/c1-10-17-15(26-20-10)16-7-12(18-14(23)13-4-5-21(2)19-13)6-11(16)8-22(9-16)27(3,24)25/h4-5,11-12H,6-9H2,1-3H3,(H,18,23)/t11-,12+,16-/m0/s1. The smallest absolute Gasteiger partial charge is 0.271 e. The lowest BCUT2D eigenvalue weighted by Crippen LogP contribution is -2.39. The Kier molecular flexibility index (Phi) is 4.11. The molecule has 1 amide bonds. The van der Waals surface area contributed by atoms with E-state index < -0.39 is 15.4 Å². The van der Waals surface area contributed by atoms with Crippen molar-refractivity contribution in [2.24, 2.45) is 13.0 Å². The van der Waals surface area contributed by atoms with Crippen LogP contribution in [0.15, 0.2) is 16.8 Å². The highest BCUT2D eigenvalue weighted by molar-refractivity contribution is 7.88. The first kappa shape index (κ1) is 18.1. The minimum Gasteiger partial charge on any atom is -0.348 e. The molecular weight excluding hydrogens is 372 g/mol. The van der Waals surface area contributed by atoms with E-state index in [2.05, 4.69) is 20.6 Å². The lowest BCUT2D eigenvalue weighted by atomic mass is 9.80. The lowest BCUT2D eigenvalue weighted by Gasteiger charge is -2.24. The zero-order valence-electron chi connectivity index (χ0n) is 15.4. The number of hydrogen-bond acceptors (Lipinski definition) is 7. The van der Waals surface area contributed by atoms with Crippen molar-refractivity contribution in [3.63, 3.8) is 0 Å². The molecular formula is C16H22N6O4S. The van der Waals surface area contributed by atoms with Crippen molar-refractivity contribution in [2.45, 2.75) is 31.2 Å². The van der Waals surface area contributed by atoms with Gasteiger partial charge in [0.25, 0.3) is 5.91 Å². The summed E-state index contributed by atoms with van der Waals surface area (Å²) in [6, 6.07) is 1.55. The van der Waals surface area contributed by atoms with E-state index in [1.807, 2.05) is 0 Å². The normalized spacial score (nSPS) is 28.4. The van der Waals surface area contributed by atoms with E-state index in [4.69, 9.17) is 4.52 Å². The molecule has 10 nitrogen and oxygen atoms in total. The van der Waals surface area contributed by atoms with Crippen LogP contribution < -0.4 is 5.32 Å². The summed E-state index contributed by atoms with van der Waals surface area (Å²) in [5.74, 6) is 0.723. The van der Waals surface area contributed by atoms with Gasteiger partial charge in [-0.05, 0) is 31.7 Å². The third-order valence-corrected chi connectivity index (χ3v) is 6.76. The van der Waals surface area contributed by atoms with E-state index in [-0.39, 0.29) is 24.4 Å². The summed E-state index contributed by atoms with van der Waals surface area (Å²) in [5, 5.41) is 11.0. The van der Waals surface area contributed by atoms with E-state index in [0.29, 0.717) is 36.8 Å². The number of sulfonamides is 1. The first-order valence-corrected chi connectivity index (χ1v) is 10.6. The van der Waals surface area contributed by atoms with Gasteiger partial charge in [0.2, 0.25) is 15.9 Å². The molecule has 0 aromatic carbocycles. The van der Waals surface area contributed by atoms with Crippen molar-refractivity contribution in [3.05, 3.63) is 29.7 Å². The Morgan fingerprint density at radius 3 is 2.81 bits per heavy atom. The Morgan fingerprint density at radius 1 is 1.44 bits per heavy atom. The maximum absolute atomic E-state index is 12.5. The topological polar surface area (TPSA) is 123 Å². The van der Waals surface area contributed by atoms with Crippen molar-refractivity contribution >= 4 is 15.9 Å². The fraction of sp³-hybridized carbons (Fsp3) is 0.625. The van der Waals surface area contributed by atoms with Gasteiger partial charge in [0, 0.05) is 32.4 Å². The van der Waals surface area contributed by atoms with Gasteiger partial charge in [-0.25, -0.2) is 12.7 Å². The average Bonchev–Trinajstić information content (AvgIpc) is 3.29. The summed E-state index contributed by atoms with van der Waals surface area (Å²) >= 11 is 0. The van der Waals surface area contributed by atoms with Crippen molar-refractivity contribution < 1.29 is 17.7 Å². The molecule has 1 saturated carbocycles. The van der Waals surface area contributed by atoms with Crippen LogP contribution in [0.5, 0.6) is 0 Å². The summed E-state index contributed by atoms with van der Waals surface area (Å²) in [7, 11) is -1.57. The molecule has 3 heterocycles. The van der Waals surface area contributed by atoms with Gasteiger partial charge in [0.05, 0.1) is 11.7 Å². The molecule has 0 unspecified atom stereocenters. The van der Waals surface area contributed by atoms with Crippen LogP contribution >= 0.6 is 0 Å². The Morgan fingerprint density at radius 2 is 2.22 bits per heavy atom. The monoisotopic (exact) mass is 394 g/mol. The lowest BCUT2D eigenvalue weighted by molar-refractivity contribution is 0.0929. The highest BCUT2D eigenvalue weighted by Gasteiger charge is 2.59. The van der Waals surface area contributed by atoms with Gasteiger partial charge >= 0.3 is 0 Å². The number of aromatic nitrogens is 4. The molecule has 2 aromatic rings. The Balaban J connectivity index is 1.58. The number of nitrogens with zero attached hydrogens (tertiary/aromatic N) is 5. The number of aryl methyl sites for hydroxylation is 2. The molecule has 1 N–H and O–H groups in total. The van der Waals surface area contributed by atoms with Crippen LogP contribution in [0.1, 0.15) is 35.0 Å². The van der Waals surface area contributed by atoms with Crippen molar-refractivity contribution in [1.82, 2.24) is 29.5 Å². The molecule has 4 rings (SSSR count). The molecule has 0 spiro atoms. The molecule has 146 valence electrons. The molecule has 1 aliphatic carbocycles. The highest BCUT2D eigenvalue weighted by atomic mass is 32.2. The van der Waals surface area contributed by atoms with Crippen LogP contribution in [0.25, 0.3) is 0 Å². The third kappa shape index (κ3) is 3.14. The maximum atomic E-state index is 12.5. The molecule has 2 aliphatic rings. The quantitative estimate of drug-likeness (QED) is 0.764. The van der Waals surface area contributed by atoms with Crippen LogP contribution in [0, 0.1) is 12.8 Å². The number of carbonyl (C=O) groups is 1. The van der Waals surface area contributed by atoms with Gasteiger partial charge in [-0.1, -0.05) is 5.16 Å². The van der Waals surface area contributed by atoms with Crippen molar-refractivity contribution in [2.75, 3.05) is 19.3 Å². The van der Waals surface area contributed by atoms with Gasteiger partial charge in [-0.2, -0.15) is 10.1 Å². The first-order valence-electron chi connectivity index (χ1n) is 8.74. The van der Waals surface area contributed by atoms with E-state index in [1.165, 1.54) is 10.6 Å². The number of hydrogen-bond donors (Lipinski definition) is 1. The summed E-state index contributed by atoms with van der Waals surface area (Å²) in [5.41, 5.74) is -0.220. The number of carbonyl (C=O) groups excluding carboxylic acids is 1. The first-order chi connectivity index (χ1) is 12.7. The second kappa shape index (κ2) is 6.13. The fourth-order valence-electron chi connectivity index (χ4n) is 4.31. The number of nitrogens with one attached hydrogen (secondary N) is 1. The van der Waals surface area contributed by atoms with E-state index in [0.717, 1.165) is 0 Å². The van der Waals surface area contributed by atoms with Crippen LogP contribution in [0.4, 0.5) is 0 Å². The van der Waals surface area contributed by atoms with Crippen LogP contribution in [0.3, 0.4) is 0 Å². The molecule has 2 aromatic heterocycles. The Hall–Kier alpha value is -2.27. The largest absolute Gasteiger partial charge is 0.348 e. The zero-order chi connectivity index (χ0) is 19.4. The Bertz CT molecular complexity index is 983. The molecule has 3 atom stereocenters. The molecule has 1 aliphatic heterocycles. The average molecular weight is 394 g/mol. The molecule has 2 fully saturated rings. The molecule has 27 heavy (non-hydrogen) atoms. The molecule has 0 radical (unpaired) electrons. The maximum Gasteiger partial charge on any atom is 0.271 e. The van der Waals surface area contributed by atoms with Crippen molar-refractivity contribution in [1.29, 1.82) is 0 Å². The predicted octanol–water partition coefficient (Wildman–Crippen LogP) is -0.167. The zero-order valence-corrected chi connectivity index (χ0v) is 16.2. The van der Waals surface area contributed by atoms with Gasteiger partial charge in [0.15, 0.2) is 5.82 Å². The van der Waals surface area contributed by atoms with E-state index in [9.17, 15) is 13.2 Å². The van der Waals surface area contributed by atoms with Gasteiger partial charge in [-0.3, -0.25) is 9.48 Å². The third-order valence-electron chi connectivity index (χ3n) is 5.55. The van der Waals surface area contributed by atoms with Gasteiger partial charge in [0.1, 0.15) is 5.69 Å². The number of fused-ring (bicyclic) bond motifs is 1. The molecule has 0 bridgehead atoms.